The van der Waals surface area contributed by atoms with E-state index in [1.807, 2.05) is 0 Å². The molecule has 2 heterocycles. The second kappa shape index (κ2) is 9.00. The van der Waals surface area contributed by atoms with Crippen molar-refractivity contribution in [1.82, 2.24) is 15.2 Å². The standard InChI is InChI=1S/C18H19FN4O3.2ClH/c19-12-8-15-14(17(9-12)23(25)26)10-16(21-18(15)24)11-1-2-13(7-11)22-5-3-20-4-6-22;;/h7-10,13,20H,1-6H2,(H,21,24);2*1H. The van der Waals surface area contributed by atoms with Gasteiger partial charge in [0.2, 0.25) is 0 Å². The Labute approximate surface area is 173 Å². The molecule has 1 saturated heterocycles. The highest BCUT2D eigenvalue weighted by Crippen LogP contribution is 2.32. The van der Waals surface area contributed by atoms with E-state index < -0.39 is 16.3 Å². The molecule has 4 rings (SSSR count). The number of piperazine rings is 1. The first-order valence-electron chi connectivity index (χ1n) is 8.70. The van der Waals surface area contributed by atoms with Gasteiger partial charge in [0.05, 0.1) is 21.8 Å². The van der Waals surface area contributed by atoms with Gasteiger partial charge in [-0.3, -0.25) is 19.8 Å². The molecule has 2 N–H and O–H groups in total. The molecule has 1 aliphatic carbocycles. The normalized spacial score (nSPS) is 19.6. The van der Waals surface area contributed by atoms with Crippen molar-refractivity contribution in [3.8, 4) is 0 Å². The molecule has 28 heavy (non-hydrogen) atoms. The summed E-state index contributed by atoms with van der Waals surface area (Å²) in [4.78, 5) is 28.2. The number of aromatic nitrogens is 1. The van der Waals surface area contributed by atoms with Crippen LogP contribution in [-0.4, -0.2) is 47.0 Å². The highest BCUT2D eigenvalue weighted by atomic mass is 35.5. The lowest BCUT2D eigenvalue weighted by Crippen LogP contribution is -2.47. The Hall–Kier alpha value is -2.00. The summed E-state index contributed by atoms with van der Waals surface area (Å²) >= 11 is 0. The van der Waals surface area contributed by atoms with Gasteiger partial charge in [0.25, 0.3) is 11.2 Å². The lowest BCUT2D eigenvalue weighted by atomic mass is 10.1. The van der Waals surface area contributed by atoms with E-state index >= 15 is 0 Å². The second-order valence-electron chi connectivity index (χ2n) is 6.74. The average Bonchev–Trinajstić information content (AvgIpc) is 3.12. The van der Waals surface area contributed by atoms with Crippen molar-refractivity contribution in [3.63, 3.8) is 0 Å². The zero-order chi connectivity index (χ0) is 18.3. The third-order valence-corrected chi connectivity index (χ3v) is 5.17. The van der Waals surface area contributed by atoms with Gasteiger partial charge < -0.3 is 10.3 Å². The molecule has 0 amide bonds. The van der Waals surface area contributed by atoms with Crippen LogP contribution in [0.25, 0.3) is 16.3 Å². The first kappa shape index (κ1) is 22.3. The number of pyridine rings is 1. The Balaban J connectivity index is 0.00000140. The van der Waals surface area contributed by atoms with E-state index in [1.165, 1.54) is 0 Å². The third kappa shape index (κ3) is 4.20. The number of hydrogen-bond donors (Lipinski definition) is 2. The van der Waals surface area contributed by atoms with Gasteiger partial charge in [-0.25, -0.2) is 4.39 Å². The van der Waals surface area contributed by atoms with Crippen molar-refractivity contribution >= 4 is 46.8 Å². The molecule has 0 radical (unpaired) electrons. The van der Waals surface area contributed by atoms with Crippen molar-refractivity contribution in [2.24, 2.45) is 0 Å². The van der Waals surface area contributed by atoms with Gasteiger partial charge in [-0.15, -0.1) is 24.8 Å². The summed E-state index contributed by atoms with van der Waals surface area (Å²) in [5.41, 5.74) is 0.664. The molecule has 1 aromatic carbocycles. The van der Waals surface area contributed by atoms with E-state index in [2.05, 4.69) is 21.3 Å². The maximum Gasteiger partial charge on any atom is 0.280 e. The summed E-state index contributed by atoms with van der Waals surface area (Å²) < 4.78 is 13.6. The Kier molecular flexibility index (Phi) is 7.16. The summed E-state index contributed by atoms with van der Waals surface area (Å²) in [5, 5.41) is 14.8. The number of non-ortho nitro benzene ring substituents is 1. The fourth-order valence-electron chi connectivity index (χ4n) is 3.87. The predicted octanol–water partition coefficient (Wildman–Crippen LogP) is 2.87. The Bertz CT molecular complexity index is 973. The summed E-state index contributed by atoms with van der Waals surface area (Å²) in [7, 11) is 0. The number of benzene rings is 1. The quantitative estimate of drug-likeness (QED) is 0.576. The van der Waals surface area contributed by atoms with E-state index in [1.54, 1.807) is 6.07 Å². The van der Waals surface area contributed by atoms with Crippen LogP contribution in [0, 0.1) is 15.9 Å². The van der Waals surface area contributed by atoms with Crippen LogP contribution in [0.3, 0.4) is 0 Å². The molecule has 7 nitrogen and oxygen atoms in total. The van der Waals surface area contributed by atoms with Crippen molar-refractivity contribution in [2.45, 2.75) is 18.9 Å². The smallest absolute Gasteiger partial charge is 0.280 e. The van der Waals surface area contributed by atoms with Gasteiger partial charge in [0.15, 0.2) is 0 Å². The number of nitrogens with zero attached hydrogens (tertiary/aromatic N) is 2. The zero-order valence-corrected chi connectivity index (χ0v) is 16.6. The Morgan fingerprint density at radius 1 is 1.14 bits per heavy atom. The van der Waals surface area contributed by atoms with Crippen LogP contribution >= 0.6 is 24.8 Å². The highest BCUT2D eigenvalue weighted by molar-refractivity contribution is 5.92. The second-order valence-corrected chi connectivity index (χ2v) is 6.74. The molecule has 0 bridgehead atoms. The number of H-pyrrole nitrogens is 1. The number of nitro benzene ring substituents is 1. The number of allylic oxidation sites excluding steroid dienone is 1. The topological polar surface area (TPSA) is 91.3 Å². The van der Waals surface area contributed by atoms with Crippen LogP contribution < -0.4 is 10.9 Å². The average molecular weight is 431 g/mol. The molecule has 10 heteroatoms. The van der Waals surface area contributed by atoms with Crippen molar-refractivity contribution in [2.75, 3.05) is 26.2 Å². The lowest BCUT2D eigenvalue weighted by Gasteiger charge is -2.31. The molecule has 0 spiro atoms. The number of hydrogen-bond acceptors (Lipinski definition) is 5. The number of nitro groups is 1. The largest absolute Gasteiger partial charge is 0.322 e. The van der Waals surface area contributed by atoms with E-state index in [-0.39, 0.29) is 41.3 Å². The fraction of sp³-hybridized carbons (Fsp3) is 0.389. The van der Waals surface area contributed by atoms with Crippen molar-refractivity contribution < 1.29 is 9.31 Å². The maximum atomic E-state index is 13.6. The number of aromatic amines is 1. The van der Waals surface area contributed by atoms with E-state index in [0.29, 0.717) is 11.7 Å². The van der Waals surface area contributed by atoms with Crippen LogP contribution in [-0.2, 0) is 0 Å². The molecule has 1 unspecified atom stereocenters. The Morgan fingerprint density at radius 2 is 1.86 bits per heavy atom. The third-order valence-electron chi connectivity index (χ3n) is 5.17. The first-order chi connectivity index (χ1) is 12.5. The molecular weight excluding hydrogens is 410 g/mol. The molecule has 1 atom stereocenters. The molecule has 2 aromatic rings. The van der Waals surface area contributed by atoms with Crippen molar-refractivity contribution in [3.05, 3.63) is 56.3 Å². The van der Waals surface area contributed by atoms with E-state index in [9.17, 15) is 19.3 Å². The van der Waals surface area contributed by atoms with Gasteiger partial charge in [-0.2, -0.15) is 0 Å². The maximum absolute atomic E-state index is 13.6. The summed E-state index contributed by atoms with van der Waals surface area (Å²) in [6, 6.07) is 3.81. The minimum absolute atomic E-state index is 0. The van der Waals surface area contributed by atoms with Crippen LogP contribution in [0.15, 0.2) is 29.1 Å². The molecule has 1 aromatic heterocycles. The van der Waals surface area contributed by atoms with Gasteiger partial charge in [0, 0.05) is 37.9 Å². The molecule has 152 valence electrons. The zero-order valence-electron chi connectivity index (χ0n) is 14.9. The monoisotopic (exact) mass is 430 g/mol. The summed E-state index contributed by atoms with van der Waals surface area (Å²) in [6.45, 7) is 3.88. The molecule has 1 aliphatic heterocycles. The van der Waals surface area contributed by atoms with E-state index in [4.69, 9.17) is 0 Å². The van der Waals surface area contributed by atoms with Crippen molar-refractivity contribution in [1.29, 1.82) is 0 Å². The van der Waals surface area contributed by atoms with Crippen LogP contribution in [0.5, 0.6) is 0 Å². The number of rotatable bonds is 3. The van der Waals surface area contributed by atoms with Gasteiger partial charge in [-0.1, -0.05) is 6.08 Å². The molecule has 0 saturated carbocycles. The fourth-order valence-corrected chi connectivity index (χ4v) is 3.87. The van der Waals surface area contributed by atoms with Gasteiger partial charge >= 0.3 is 0 Å². The molecular formula is C18H21Cl2FN4O3. The van der Waals surface area contributed by atoms with E-state index in [0.717, 1.165) is 56.7 Å². The van der Waals surface area contributed by atoms with Gasteiger partial charge in [0.1, 0.15) is 5.82 Å². The van der Waals surface area contributed by atoms with Crippen LogP contribution in [0.4, 0.5) is 10.1 Å². The highest BCUT2D eigenvalue weighted by Gasteiger charge is 2.25. The van der Waals surface area contributed by atoms with Gasteiger partial charge in [-0.05, 0) is 30.5 Å². The van der Waals surface area contributed by atoms with Crippen LogP contribution in [0.1, 0.15) is 18.5 Å². The minimum atomic E-state index is -0.790. The minimum Gasteiger partial charge on any atom is -0.322 e. The first-order valence-corrected chi connectivity index (χ1v) is 8.70. The Morgan fingerprint density at radius 3 is 2.54 bits per heavy atom. The molecule has 2 aliphatic rings. The summed E-state index contributed by atoms with van der Waals surface area (Å²) in [5.74, 6) is -0.790. The SMILES string of the molecule is Cl.Cl.O=c1[nH]c(C2=CC(N3CCNCC3)CC2)cc2c([N+](=O)[O-])cc(F)cc12. The number of halogens is 3. The summed E-state index contributed by atoms with van der Waals surface area (Å²) in [6.07, 6.45) is 3.89. The predicted molar refractivity (Wildman–Crippen MR) is 111 cm³/mol. The number of fused-ring (bicyclic) bond motifs is 1. The lowest BCUT2D eigenvalue weighted by molar-refractivity contribution is -0.383. The van der Waals surface area contributed by atoms with Crippen LogP contribution in [0.2, 0.25) is 0 Å². The number of nitrogens with one attached hydrogen (secondary N) is 2. The molecule has 1 fully saturated rings.